The molecule has 0 saturated carbocycles. The summed E-state index contributed by atoms with van der Waals surface area (Å²) in [5, 5.41) is 2.96. The molecule has 2 aromatic carbocycles. The van der Waals surface area contributed by atoms with Gasteiger partial charge in [0, 0.05) is 37.3 Å². The number of para-hydroxylation sites is 1. The number of ether oxygens (including phenoxy) is 1. The van der Waals surface area contributed by atoms with Gasteiger partial charge in [0.2, 0.25) is 10.0 Å². The van der Waals surface area contributed by atoms with Crippen LogP contribution in [0.1, 0.15) is 34.5 Å². The number of benzene rings is 2. The Balaban J connectivity index is 1.63. The number of hydrogen-bond acceptors (Lipinski definition) is 5. The number of hydrogen-bond donors (Lipinski definition) is 1. The van der Waals surface area contributed by atoms with Gasteiger partial charge in [0.1, 0.15) is 5.75 Å². The van der Waals surface area contributed by atoms with Crippen molar-refractivity contribution in [1.29, 1.82) is 0 Å². The SMILES string of the molecule is COc1ccccc1C(C)NC(=O)c1ccc(CS(=O)(=O)N2CCN(C)CC2)cc1. The molecule has 1 saturated heterocycles. The zero-order valence-corrected chi connectivity index (χ0v) is 18.5. The standard InChI is InChI=1S/C22H29N3O4S/c1-17(20-6-4-5-7-21(20)29-3)23-22(26)19-10-8-18(9-11-19)16-30(27,28)25-14-12-24(2)13-15-25/h4-11,17H,12-16H2,1-3H3,(H,23,26). The Morgan fingerprint density at radius 3 is 2.33 bits per heavy atom. The van der Waals surface area contributed by atoms with E-state index >= 15 is 0 Å². The van der Waals surface area contributed by atoms with Gasteiger partial charge in [-0.2, -0.15) is 4.31 Å². The van der Waals surface area contributed by atoms with Crippen molar-refractivity contribution in [1.82, 2.24) is 14.5 Å². The maximum Gasteiger partial charge on any atom is 0.251 e. The smallest absolute Gasteiger partial charge is 0.251 e. The molecule has 7 nitrogen and oxygen atoms in total. The first-order valence-electron chi connectivity index (χ1n) is 9.99. The van der Waals surface area contributed by atoms with Gasteiger partial charge in [-0.3, -0.25) is 4.79 Å². The molecule has 1 aliphatic heterocycles. The lowest BCUT2D eigenvalue weighted by Gasteiger charge is -2.31. The fraction of sp³-hybridized carbons (Fsp3) is 0.409. The van der Waals surface area contributed by atoms with Gasteiger partial charge < -0.3 is 15.0 Å². The molecule has 0 bridgehead atoms. The maximum atomic E-state index is 12.7. The molecule has 162 valence electrons. The van der Waals surface area contributed by atoms with Crippen LogP contribution in [0, 0.1) is 0 Å². The van der Waals surface area contributed by atoms with Crippen LogP contribution in [0.25, 0.3) is 0 Å². The van der Waals surface area contributed by atoms with E-state index < -0.39 is 10.0 Å². The second kappa shape index (κ2) is 9.59. The van der Waals surface area contributed by atoms with Gasteiger partial charge in [-0.15, -0.1) is 0 Å². The number of piperazine rings is 1. The van der Waals surface area contributed by atoms with E-state index in [1.165, 1.54) is 0 Å². The van der Waals surface area contributed by atoms with Crippen LogP contribution in [0.4, 0.5) is 0 Å². The van der Waals surface area contributed by atoms with Crippen LogP contribution in [0.2, 0.25) is 0 Å². The summed E-state index contributed by atoms with van der Waals surface area (Å²) in [7, 11) is 0.225. The topological polar surface area (TPSA) is 78.9 Å². The molecule has 1 fully saturated rings. The number of methoxy groups -OCH3 is 1. The molecular formula is C22H29N3O4S. The number of carbonyl (C=O) groups excluding carboxylic acids is 1. The number of rotatable bonds is 7. The Bertz CT molecular complexity index is 968. The largest absolute Gasteiger partial charge is 0.496 e. The molecule has 8 heteroatoms. The maximum absolute atomic E-state index is 12.7. The number of nitrogens with zero attached hydrogens (tertiary/aromatic N) is 2. The van der Waals surface area contributed by atoms with Crippen molar-refractivity contribution < 1.29 is 17.9 Å². The van der Waals surface area contributed by atoms with E-state index in [4.69, 9.17) is 4.74 Å². The van der Waals surface area contributed by atoms with Gasteiger partial charge in [-0.05, 0) is 37.7 Å². The minimum absolute atomic E-state index is 0.0593. The molecule has 1 amide bonds. The Kier molecular flexibility index (Phi) is 7.12. The lowest BCUT2D eigenvalue weighted by molar-refractivity contribution is 0.0939. The first-order chi connectivity index (χ1) is 14.3. The van der Waals surface area contributed by atoms with Gasteiger partial charge in [0.05, 0.1) is 18.9 Å². The van der Waals surface area contributed by atoms with Crippen molar-refractivity contribution in [2.75, 3.05) is 40.3 Å². The molecule has 1 unspecified atom stereocenters. The highest BCUT2D eigenvalue weighted by Gasteiger charge is 2.26. The molecule has 1 aliphatic rings. The predicted molar refractivity (Wildman–Crippen MR) is 117 cm³/mol. The monoisotopic (exact) mass is 431 g/mol. The van der Waals surface area contributed by atoms with Gasteiger partial charge in [0.25, 0.3) is 5.91 Å². The van der Waals surface area contributed by atoms with Crippen molar-refractivity contribution in [3.05, 3.63) is 65.2 Å². The zero-order valence-electron chi connectivity index (χ0n) is 17.7. The summed E-state index contributed by atoms with van der Waals surface area (Å²) in [4.78, 5) is 14.7. The molecule has 0 aromatic heterocycles. The van der Waals surface area contributed by atoms with Crippen LogP contribution in [-0.2, 0) is 15.8 Å². The Morgan fingerprint density at radius 2 is 1.70 bits per heavy atom. The average molecular weight is 432 g/mol. The third-order valence-electron chi connectivity index (χ3n) is 5.37. The lowest BCUT2D eigenvalue weighted by Crippen LogP contribution is -2.47. The van der Waals surface area contributed by atoms with Gasteiger partial charge in [-0.1, -0.05) is 30.3 Å². The Hall–Kier alpha value is -2.42. The summed E-state index contributed by atoms with van der Waals surface area (Å²) < 4.78 is 32.2. The van der Waals surface area contributed by atoms with E-state index in [9.17, 15) is 13.2 Å². The van der Waals surface area contributed by atoms with Crippen molar-refractivity contribution in [2.24, 2.45) is 0 Å². The second-order valence-corrected chi connectivity index (χ2v) is 9.56. The molecule has 30 heavy (non-hydrogen) atoms. The summed E-state index contributed by atoms with van der Waals surface area (Å²) in [6, 6.07) is 14.1. The zero-order chi connectivity index (χ0) is 21.7. The minimum atomic E-state index is -3.36. The Labute approximate surface area is 178 Å². The summed E-state index contributed by atoms with van der Waals surface area (Å²) in [6.45, 7) is 4.40. The number of sulfonamides is 1. The normalized spacial score (nSPS) is 16.8. The van der Waals surface area contributed by atoms with Crippen molar-refractivity contribution >= 4 is 15.9 Å². The van der Waals surface area contributed by atoms with Gasteiger partial charge >= 0.3 is 0 Å². The van der Waals surface area contributed by atoms with Crippen LogP contribution in [0.3, 0.4) is 0 Å². The van der Waals surface area contributed by atoms with Crippen LogP contribution in [0.5, 0.6) is 5.75 Å². The van der Waals surface area contributed by atoms with Crippen molar-refractivity contribution in [3.63, 3.8) is 0 Å². The molecular weight excluding hydrogens is 402 g/mol. The first-order valence-corrected chi connectivity index (χ1v) is 11.6. The molecule has 1 atom stereocenters. The molecule has 0 spiro atoms. The summed E-state index contributed by atoms with van der Waals surface area (Å²) >= 11 is 0. The summed E-state index contributed by atoms with van der Waals surface area (Å²) in [5.41, 5.74) is 2.05. The number of amides is 1. The highest BCUT2D eigenvalue weighted by Crippen LogP contribution is 2.24. The van der Waals surface area contributed by atoms with Crippen molar-refractivity contribution in [3.8, 4) is 5.75 Å². The molecule has 1 heterocycles. The van der Waals surface area contributed by atoms with E-state index in [1.54, 1.807) is 35.7 Å². The van der Waals surface area contributed by atoms with Crippen LogP contribution in [-0.4, -0.2) is 63.9 Å². The fourth-order valence-corrected chi connectivity index (χ4v) is 5.02. The van der Waals surface area contributed by atoms with E-state index in [1.807, 2.05) is 38.2 Å². The summed E-state index contributed by atoms with van der Waals surface area (Å²) in [5.74, 6) is 0.438. The van der Waals surface area contributed by atoms with Crippen LogP contribution < -0.4 is 10.1 Å². The Morgan fingerprint density at radius 1 is 1.07 bits per heavy atom. The predicted octanol–water partition coefficient (Wildman–Crippen LogP) is 2.26. The molecule has 0 aliphatic carbocycles. The van der Waals surface area contributed by atoms with E-state index in [-0.39, 0.29) is 17.7 Å². The van der Waals surface area contributed by atoms with E-state index in [2.05, 4.69) is 10.2 Å². The number of carbonyl (C=O) groups is 1. The third-order valence-corrected chi connectivity index (χ3v) is 7.22. The van der Waals surface area contributed by atoms with E-state index in [0.29, 0.717) is 24.2 Å². The number of likely N-dealkylation sites (N-methyl/N-ethyl adjacent to an activating group) is 1. The molecule has 3 rings (SSSR count). The highest BCUT2D eigenvalue weighted by molar-refractivity contribution is 7.88. The molecule has 1 N–H and O–H groups in total. The highest BCUT2D eigenvalue weighted by atomic mass is 32.2. The molecule has 0 radical (unpaired) electrons. The van der Waals surface area contributed by atoms with Crippen LogP contribution >= 0.6 is 0 Å². The number of nitrogens with one attached hydrogen (secondary N) is 1. The summed E-state index contributed by atoms with van der Waals surface area (Å²) in [6.07, 6.45) is 0. The van der Waals surface area contributed by atoms with Crippen molar-refractivity contribution in [2.45, 2.75) is 18.7 Å². The second-order valence-electron chi connectivity index (χ2n) is 7.59. The van der Waals surface area contributed by atoms with Gasteiger partial charge in [0.15, 0.2) is 0 Å². The quantitative estimate of drug-likeness (QED) is 0.728. The minimum Gasteiger partial charge on any atom is -0.496 e. The van der Waals surface area contributed by atoms with E-state index in [0.717, 1.165) is 24.4 Å². The van der Waals surface area contributed by atoms with Crippen LogP contribution in [0.15, 0.2) is 48.5 Å². The van der Waals surface area contributed by atoms with Gasteiger partial charge in [-0.25, -0.2) is 8.42 Å². The average Bonchev–Trinajstić information content (AvgIpc) is 2.74. The lowest BCUT2D eigenvalue weighted by atomic mass is 10.1. The molecule has 2 aromatic rings. The fourth-order valence-electron chi connectivity index (χ4n) is 3.50. The third kappa shape index (κ3) is 5.38. The first kappa shape index (κ1) is 22.3.